The Morgan fingerprint density at radius 2 is 1.78 bits per heavy atom. The van der Waals surface area contributed by atoms with E-state index in [1.54, 1.807) is 35.6 Å². The molecule has 23 heavy (non-hydrogen) atoms. The summed E-state index contributed by atoms with van der Waals surface area (Å²) in [6, 6.07) is 11.9. The van der Waals surface area contributed by atoms with Crippen LogP contribution >= 0.6 is 11.3 Å². The van der Waals surface area contributed by atoms with E-state index in [4.69, 9.17) is 0 Å². The van der Waals surface area contributed by atoms with Gasteiger partial charge in [-0.25, -0.2) is 9.78 Å². The first-order valence-electron chi connectivity index (χ1n) is 6.94. The molecular weight excluding hydrogens is 312 g/mol. The number of rotatable bonds is 3. The molecule has 0 radical (unpaired) electrons. The van der Waals surface area contributed by atoms with Gasteiger partial charge in [0.05, 0.1) is 27.9 Å². The molecule has 0 aliphatic rings. The number of carbonyl (C=O) groups excluding carboxylic acids is 2. The van der Waals surface area contributed by atoms with E-state index >= 15 is 0 Å². The summed E-state index contributed by atoms with van der Waals surface area (Å²) in [5.41, 5.74) is 2.42. The van der Waals surface area contributed by atoms with Crippen molar-refractivity contribution < 1.29 is 14.3 Å². The van der Waals surface area contributed by atoms with Crippen LogP contribution < -0.4 is 5.32 Å². The Hall–Kier alpha value is -2.73. The van der Waals surface area contributed by atoms with E-state index in [0.717, 1.165) is 15.2 Å². The Kier molecular flexibility index (Phi) is 4.08. The zero-order valence-electron chi connectivity index (χ0n) is 12.6. The number of amides is 1. The van der Waals surface area contributed by atoms with Crippen LogP contribution in [0.2, 0.25) is 0 Å². The van der Waals surface area contributed by atoms with Gasteiger partial charge in [-0.2, -0.15) is 0 Å². The summed E-state index contributed by atoms with van der Waals surface area (Å²) in [4.78, 5) is 28.1. The fourth-order valence-corrected chi connectivity index (χ4v) is 3.01. The zero-order chi connectivity index (χ0) is 16.4. The number of esters is 1. The van der Waals surface area contributed by atoms with Gasteiger partial charge in [-0.1, -0.05) is 0 Å². The Labute approximate surface area is 136 Å². The molecule has 1 N–H and O–H groups in total. The molecule has 116 valence electrons. The van der Waals surface area contributed by atoms with Gasteiger partial charge in [0.2, 0.25) is 0 Å². The Bertz CT molecular complexity index is 884. The average Bonchev–Trinajstić information content (AvgIpc) is 2.93. The van der Waals surface area contributed by atoms with Crippen molar-refractivity contribution >= 4 is 39.1 Å². The normalized spacial score (nSPS) is 10.5. The number of carbonyl (C=O) groups is 2. The van der Waals surface area contributed by atoms with Gasteiger partial charge in [0.25, 0.3) is 5.91 Å². The number of thiazole rings is 1. The third kappa shape index (κ3) is 3.22. The predicted molar refractivity (Wildman–Crippen MR) is 90.1 cm³/mol. The van der Waals surface area contributed by atoms with Crippen molar-refractivity contribution in [1.29, 1.82) is 0 Å². The van der Waals surface area contributed by atoms with Crippen LogP contribution in [0, 0.1) is 6.92 Å². The summed E-state index contributed by atoms with van der Waals surface area (Å²) in [5, 5.41) is 3.82. The number of methoxy groups -OCH3 is 1. The number of anilines is 1. The summed E-state index contributed by atoms with van der Waals surface area (Å²) in [6.45, 7) is 1.95. The van der Waals surface area contributed by atoms with Crippen molar-refractivity contribution in [3.63, 3.8) is 0 Å². The van der Waals surface area contributed by atoms with Gasteiger partial charge >= 0.3 is 5.97 Å². The van der Waals surface area contributed by atoms with E-state index in [9.17, 15) is 9.59 Å². The first-order chi connectivity index (χ1) is 11.1. The third-order valence-corrected chi connectivity index (χ3v) is 4.27. The molecule has 0 unspecified atom stereocenters. The number of nitrogens with one attached hydrogen (secondary N) is 1. The van der Waals surface area contributed by atoms with Crippen LogP contribution in [-0.2, 0) is 4.74 Å². The molecule has 1 amide bonds. The van der Waals surface area contributed by atoms with Gasteiger partial charge in [0, 0.05) is 11.3 Å². The first-order valence-corrected chi connectivity index (χ1v) is 7.75. The molecule has 3 aromatic rings. The lowest BCUT2D eigenvalue weighted by molar-refractivity contribution is 0.0600. The largest absolute Gasteiger partial charge is 0.465 e. The van der Waals surface area contributed by atoms with Crippen LogP contribution in [-0.4, -0.2) is 24.0 Å². The number of hydrogen-bond acceptors (Lipinski definition) is 5. The molecule has 0 saturated heterocycles. The van der Waals surface area contributed by atoms with Crippen LogP contribution in [0.1, 0.15) is 25.7 Å². The van der Waals surface area contributed by atoms with Crippen LogP contribution in [0.5, 0.6) is 0 Å². The van der Waals surface area contributed by atoms with E-state index in [1.165, 1.54) is 7.11 Å². The fraction of sp³-hybridized carbons (Fsp3) is 0.118. The number of fused-ring (bicyclic) bond motifs is 1. The summed E-state index contributed by atoms with van der Waals surface area (Å²) in [6.07, 6.45) is 0. The smallest absolute Gasteiger partial charge is 0.337 e. The third-order valence-electron chi connectivity index (χ3n) is 3.32. The SMILES string of the molecule is COC(=O)c1ccc(C(=O)Nc2ccc3sc(C)nc3c2)cc1. The lowest BCUT2D eigenvalue weighted by atomic mass is 10.1. The maximum absolute atomic E-state index is 12.3. The molecule has 5 nitrogen and oxygen atoms in total. The molecule has 0 aliphatic heterocycles. The molecule has 1 aromatic heterocycles. The monoisotopic (exact) mass is 326 g/mol. The first kappa shape index (κ1) is 15.2. The minimum Gasteiger partial charge on any atom is -0.465 e. The van der Waals surface area contributed by atoms with Gasteiger partial charge in [-0.05, 0) is 49.4 Å². The molecule has 2 aromatic carbocycles. The van der Waals surface area contributed by atoms with Crippen molar-refractivity contribution in [2.45, 2.75) is 6.92 Å². The van der Waals surface area contributed by atoms with E-state index in [1.807, 2.05) is 25.1 Å². The Balaban J connectivity index is 1.78. The van der Waals surface area contributed by atoms with Gasteiger partial charge in [0.15, 0.2) is 0 Å². The lowest BCUT2D eigenvalue weighted by Gasteiger charge is -2.06. The van der Waals surface area contributed by atoms with Gasteiger partial charge < -0.3 is 10.1 Å². The quantitative estimate of drug-likeness (QED) is 0.746. The van der Waals surface area contributed by atoms with Gasteiger partial charge in [-0.15, -0.1) is 11.3 Å². The maximum atomic E-state index is 12.3. The van der Waals surface area contributed by atoms with E-state index in [2.05, 4.69) is 15.0 Å². The van der Waals surface area contributed by atoms with E-state index in [-0.39, 0.29) is 5.91 Å². The highest BCUT2D eigenvalue weighted by atomic mass is 32.1. The van der Waals surface area contributed by atoms with Crippen LogP contribution in [0.4, 0.5) is 5.69 Å². The molecule has 1 heterocycles. The molecule has 0 bridgehead atoms. The topological polar surface area (TPSA) is 68.3 Å². The molecule has 0 spiro atoms. The van der Waals surface area contributed by atoms with Crippen molar-refractivity contribution in [1.82, 2.24) is 4.98 Å². The standard InChI is InChI=1S/C17H14N2O3S/c1-10-18-14-9-13(7-8-15(14)23-10)19-16(20)11-3-5-12(6-4-11)17(21)22-2/h3-9H,1-2H3,(H,19,20). The van der Waals surface area contributed by atoms with Crippen molar-refractivity contribution in [2.75, 3.05) is 12.4 Å². The molecule has 6 heteroatoms. The lowest BCUT2D eigenvalue weighted by Crippen LogP contribution is -2.12. The molecule has 0 aliphatic carbocycles. The van der Waals surface area contributed by atoms with Crippen LogP contribution in [0.15, 0.2) is 42.5 Å². The Morgan fingerprint density at radius 3 is 2.48 bits per heavy atom. The maximum Gasteiger partial charge on any atom is 0.337 e. The number of ether oxygens (including phenoxy) is 1. The summed E-state index contributed by atoms with van der Waals surface area (Å²) in [5.74, 6) is -0.672. The fourth-order valence-electron chi connectivity index (χ4n) is 2.20. The molecule has 0 atom stereocenters. The second-order valence-electron chi connectivity index (χ2n) is 4.94. The van der Waals surface area contributed by atoms with E-state index in [0.29, 0.717) is 16.8 Å². The predicted octanol–water partition coefficient (Wildman–Crippen LogP) is 3.64. The number of benzene rings is 2. The highest BCUT2D eigenvalue weighted by Gasteiger charge is 2.10. The minimum absolute atomic E-state index is 0.243. The second-order valence-corrected chi connectivity index (χ2v) is 6.17. The highest BCUT2D eigenvalue weighted by Crippen LogP contribution is 2.24. The molecular formula is C17H14N2O3S. The molecule has 0 fully saturated rings. The van der Waals surface area contributed by atoms with Crippen molar-refractivity contribution in [3.8, 4) is 0 Å². The van der Waals surface area contributed by atoms with Gasteiger partial charge in [-0.3, -0.25) is 4.79 Å². The minimum atomic E-state index is -0.429. The average molecular weight is 326 g/mol. The van der Waals surface area contributed by atoms with Crippen LogP contribution in [0.3, 0.4) is 0 Å². The van der Waals surface area contributed by atoms with Crippen molar-refractivity contribution in [3.05, 3.63) is 58.6 Å². The highest BCUT2D eigenvalue weighted by molar-refractivity contribution is 7.18. The molecule has 0 saturated carbocycles. The number of hydrogen-bond donors (Lipinski definition) is 1. The number of aromatic nitrogens is 1. The van der Waals surface area contributed by atoms with Crippen molar-refractivity contribution in [2.24, 2.45) is 0 Å². The van der Waals surface area contributed by atoms with E-state index < -0.39 is 5.97 Å². The summed E-state index contributed by atoms with van der Waals surface area (Å²) < 4.78 is 5.72. The second kappa shape index (κ2) is 6.18. The number of nitrogens with zero attached hydrogens (tertiary/aromatic N) is 1. The van der Waals surface area contributed by atoms with Crippen LogP contribution in [0.25, 0.3) is 10.2 Å². The zero-order valence-corrected chi connectivity index (χ0v) is 13.4. The number of aryl methyl sites for hydroxylation is 1. The summed E-state index contributed by atoms with van der Waals surface area (Å²) >= 11 is 1.61. The van der Waals surface area contributed by atoms with Gasteiger partial charge in [0.1, 0.15) is 0 Å². The Morgan fingerprint density at radius 1 is 1.09 bits per heavy atom. The molecule has 3 rings (SSSR count). The summed E-state index contributed by atoms with van der Waals surface area (Å²) in [7, 11) is 1.32.